The van der Waals surface area contributed by atoms with E-state index in [2.05, 4.69) is 0 Å². The minimum Gasteiger partial charge on any atom is -0.397 e. The van der Waals surface area contributed by atoms with E-state index in [4.69, 9.17) is 11.6 Å². The van der Waals surface area contributed by atoms with E-state index in [0.717, 1.165) is 6.07 Å². The largest absolute Gasteiger partial charge is 0.418 e. The van der Waals surface area contributed by atoms with Crippen LogP contribution in [0.3, 0.4) is 0 Å². The predicted octanol–water partition coefficient (Wildman–Crippen LogP) is 1.57. The molecule has 0 heterocycles. The molecule has 1 rings (SSSR count). The van der Waals surface area contributed by atoms with Crippen molar-refractivity contribution in [2.24, 2.45) is 5.84 Å². The number of rotatable bonds is 1. The summed E-state index contributed by atoms with van der Waals surface area (Å²) in [6.45, 7) is 0. The van der Waals surface area contributed by atoms with Gasteiger partial charge in [0.2, 0.25) is 0 Å². The quantitative estimate of drug-likeness (QED) is 0.358. The molecule has 0 aromatic heterocycles. The molecule has 0 aliphatic rings. The summed E-state index contributed by atoms with van der Waals surface area (Å²) in [5, 5.41) is 0. The van der Waals surface area contributed by atoms with E-state index in [0.29, 0.717) is 0 Å². The fourth-order valence-electron chi connectivity index (χ4n) is 0.967. The van der Waals surface area contributed by atoms with E-state index in [1.165, 1.54) is 12.1 Å². The monoisotopic (exact) mass is 191 g/mol. The van der Waals surface area contributed by atoms with Gasteiger partial charge >= 0.3 is 6.18 Å². The maximum absolute atomic E-state index is 12.3. The van der Waals surface area contributed by atoms with E-state index in [-0.39, 0.29) is 11.4 Å². The second kappa shape index (κ2) is 3.14. The Labute approximate surface area is 72.5 Å². The van der Waals surface area contributed by atoms with Crippen molar-refractivity contribution in [2.45, 2.75) is 6.18 Å². The number of nitrogens with two attached hydrogens (primary N) is 2. The number of nitrogen functional groups attached to an aromatic ring is 2. The molecular weight excluding hydrogens is 183 g/mol. The Bertz CT molecular complexity index is 308. The molecule has 5 N–H and O–H groups in total. The van der Waals surface area contributed by atoms with Crippen LogP contribution >= 0.6 is 0 Å². The Balaban J connectivity index is 3.29. The number of para-hydroxylation sites is 1. The third kappa shape index (κ3) is 1.83. The highest BCUT2D eigenvalue weighted by Gasteiger charge is 2.33. The van der Waals surface area contributed by atoms with Gasteiger partial charge in [0, 0.05) is 0 Å². The second-order valence-electron chi connectivity index (χ2n) is 2.41. The number of halogens is 3. The highest BCUT2D eigenvalue weighted by molar-refractivity contribution is 5.70. The summed E-state index contributed by atoms with van der Waals surface area (Å²) in [4.78, 5) is 0. The van der Waals surface area contributed by atoms with Crippen molar-refractivity contribution in [1.29, 1.82) is 0 Å². The maximum Gasteiger partial charge on any atom is 0.418 e. The van der Waals surface area contributed by atoms with Crippen LogP contribution in [-0.4, -0.2) is 0 Å². The molecule has 0 aliphatic heterocycles. The number of alkyl halides is 3. The lowest BCUT2D eigenvalue weighted by Crippen LogP contribution is -2.16. The van der Waals surface area contributed by atoms with Crippen LogP contribution in [-0.2, 0) is 6.18 Å². The van der Waals surface area contributed by atoms with Gasteiger partial charge in [-0.3, -0.25) is 5.84 Å². The van der Waals surface area contributed by atoms with Crippen LogP contribution in [0, 0.1) is 0 Å². The Hall–Kier alpha value is -1.43. The van der Waals surface area contributed by atoms with Crippen LogP contribution in [0.25, 0.3) is 0 Å². The fraction of sp³-hybridized carbons (Fsp3) is 0.143. The van der Waals surface area contributed by atoms with Crippen LogP contribution in [0.2, 0.25) is 0 Å². The van der Waals surface area contributed by atoms with E-state index >= 15 is 0 Å². The number of hydrazine groups is 1. The smallest absolute Gasteiger partial charge is 0.397 e. The topological polar surface area (TPSA) is 64.1 Å². The van der Waals surface area contributed by atoms with Crippen molar-refractivity contribution in [3.63, 3.8) is 0 Å². The Kier molecular flexibility index (Phi) is 2.33. The van der Waals surface area contributed by atoms with Gasteiger partial charge in [-0.05, 0) is 12.1 Å². The van der Waals surface area contributed by atoms with Crippen LogP contribution in [0.5, 0.6) is 0 Å². The van der Waals surface area contributed by atoms with Crippen molar-refractivity contribution in [2.75, 3.05) is 11.2 Å². The molecule has 0 radical (unpaired) electrons. The summed E-state index contributed by atoms with van der Waals surface area (Å²) in [6, 6.07) is 3.47. The first kappa shape index (κ1) is 9.66. The zero-order valence-electron chi connectivity index (χ0n) is 6.52. The molecule has 0 saturated carbocycles. The van der Waals surface area contributed by atoms with Gasteiger partial charge in [0.25, 0.3) is 0 Å². The van der Waals surface area contributed by atoms with Gasteiger partial charge in [0.1, 0.15) is 0 Å². The molecule has 0 spiro atoms. The standard InChI is InChI=1S/C7H8F3N3/c8-7(9,10)4-2-1-3-5(11)6(4)13-12/h1-3,13H,11-12H2. The zero-order valence-corrected chi connectivity index (χ0v) is 6.52. The SMILES string of the molecule is NNc1c(N)cccc1C(F)(F)F. The summed E-state index contributed by atoms with van der Waals surface area (Å²) in [5.74, 6) is 4.92. The van der Waals surface area contributed by atoms with Crippen LogP contribution in [0.15, 0.2) is 18.2 Å². The molecule has 13 heavy (non-hydrogen) atoms. The number of nitrogens with one attached hydrogen (secondary N) is 1. The van der Waals surface area contributed by atoms with Gasteiger partial charge < -0.3 is 11.2 Å². The van der Waals surface area contributed by atoms with Gasteiger partial charge in [-0.2, -0.15) is 13.2 Å². The number of hydrogen-bond donors (Lipinski definition) is 3. The first-order valence-corrected chi connectivity index (χ1v) is 3.39. The third-order valence-corrected chi connectivity index (χ3v) is 1.55. The second-order valence-corrected chi connectivity index (χ2v) is 2.41. The van der Waals surface area contributed by atoms with Crippen molar-refractivity contribution in [3.8, 4) is 0 Å². The average molecular weight is 191 g/mol. The molecule has 0 saturated heterocycles. The number of anilines is 2. The molecule has 72 valence electrons. The van der Waals surface area contributed by atoms with E-state index < -0.39 is 11.7 Å². The molecule has 6 heteroatoms. The molecule has 0 bridgehead atoms. The number of hydrogen-bond acceptors (Lipinski definition) is 3. The van der Waals surface area contributed by atoms with E-state index in [9.17, 15) is 13.2 Å². The molecule has 0 unspecified atom stereocenters. The Morgan fingerprint density at radius 2 is 1.85 bits per heavy atom. The average Bonchev–Trinajstić information content (AvgIpc) is 2.02. The minimum absolute atomic E-state index is 0.0303. The summed E-state index contributed by atoms with van der Waals surface area (Å²) < 4.78 is 36.8. The molecule has 3 nitrogen and oxygen atoms in total. The minimum atomic E-state index is -4.45. The van der Waals surface area contributed by atoms with E-state index in [1.807, 2.05) is 5.43 Å². The fourth-order valence-corrected chi connectivity index (χ4v) is 0.967. The first-order chi connectivity index (χ1) is 5.96. The van der Waals surface area contributed by atoms with Crippen molar-refractivity contribution >= 4 is 11.4 Å². The lowest BCUT2D eigenvalue weighted by Gasteiger charge is -2.13. The zero-order chi connectivity index (χ0) is 10.1. The van der Waals surface area contributed by atoms with Crippen LogP contribution in [0.4, 0.5) is 24.5 Å². The molecule has 1 aromatic carbocycles. The molecular formula is C7H8F3N3. The van der Waals surface area contributed by atoms with Crippen LogP contribution in [0.1, 0.15) is 5.56 Å². The Morgan fingerprint density at radius 1 is 1.23 bits per heavy atom. The summed E-state index contributed by atoms with van der Waals surface area (Å²) >= 11 is 0. The van der Waals surface area contributed by atoms with Gasteiger partial charge in [-0.25, -0.2) is 0 Å². The summed E-state index contributed by atoms with van der Waals surface area (Å²) in [6.07, 6.45) is -4.45. The maximum atomic E-state index is 12.3. The third-order valence-electron chi connectivity index (χ3n) is 1.55. The number of benzene rings is 1. The van der Waals surface area contributed by atoms with Crippen molar-refractivity contribution < 1.29 is 13.2 Å². The molecule has 0 amide bonds. The van der Waals surface area contributed by atoms with Crippen LogP contribution < -0.4 is 17.0 Å². The molecule has 0 atom stereocenters. The lowest BCUT2D eigenvalue weighted by molar-refractivity contribution is -0.136. The Morgan fingerprint density at radius 3 is 2.23 bits per heavy atom. The van der Waals surface area contributed by atoms with E-state index in [1.54, 1.807) is 0 Å². The molecule has 0 aliphatic carbocycles. The molecule has 0 fully saturated rings. The van der Waals surface area contributed by atoms with Gasteiger partial charge in [0.15, 0.2) is 0 Å². The highest BCUT2D eigenvalue weighted by Crippen LogP contribution is 2.36. The van der Waals surface area contributed by atoms with Crippen molar-refractivity contribution in [1.82, 2.24) is 0 Å². The first-order valence-electron chi connectivity index (χ1n) is 3.39. The normalized spacial score (nSPS) is 11.4. The summed E-state index contributed by atoms with van der Waals surface area (Å²) in [7, 11) is 0. The molecule has 1 aromatic rings. The van der Waals surface area contributed by atoms with Gasteiger partial charge in [-0.1, -0.05) is 6.07 Å². The predicted molar refractivity (Wildman–Crippen MR) is 43.7 cm³/mol. The highest BCUT2D eigenvalue weighted by atomic mass is 19.4. The van der Waals surface area contributed by atoms with Gasteiger partial charge in [0.05, 0.1) is 16.9 Å². The lowest BCUT2D eigenvalue weighted by atomic mass is 10.1. The van der Waals surface area contributed by atoms with Crippen molar-refractivity contribution in [3.05, 3.63) is 23.8 Å². The summed E-state index contributed by atoms with van der Waals surface area (Å²) in [5.41, 5.74) is 6.02. The van der Waals surface area contributed by atoms with Gasteiger partial charge in [-0.15, -0.1) is 0 Å².